The lowest BCUT2D eigenvalue weighted by Gasteiger charge is -2.36. The second-order valence-corrected chi connectivity index (χ2v) is 14.0. The van der Waals surface area contributed by atoms with Gasteiger partial charge in [0.2, 0.25) is 0 Å². The summed E-state index contributed by atoms with van der Waals surface area (Å²) in [6.07, 6.45) is 5.38. The summed E-state index contributed by atoms with van der Waals surface area (Å²) in [5, 5.41) is 14.0. The molecule has 3 saturated heterocycles. The van der Waals surface area contributed by atoms with Gasteiger partial charge in [0.15, 0.2) is 5.82 Å². The Morgan fingerprint density at radius 1 is 1.12 bits per heavy atom. The van der Waals surface area contributed by atoms with E-state index in [-0.39, 0.29) is 52.4 Å². The van der Waals surface area contributed by atoms with Crippen molar-refractivity contribution in [2.75, 3.05) is 44.8 Å². The monoisotopic (exact) mass is 723 g/mol. The first kappa shape index (κ1) is 34.1. The predicted octanol–water partition coefficient (Wildman–Crippen LogP) is 6.79. The first-order chi connectivity index (χ1) is 25.3. The molecular formula is C39H36ClF2N7O3. The lowest BCUT2D eigenvalue weighted by molar-refractivity contribution is 0.0588. The summed E-state index contributed by atoms with van der Waals surface area (Å²) < 4.78 is 43.0. The molecule has 0 spiro atoms. The summed E-state index contributed by atoms with van der Waals surface area (Å²) in [5.74, 6) is -1.22. The molecule has 3 atom stereocenters. The number of fused-ring (bicyclic) bond motifs is 3. The Bertz CT molecular complexity index is 2250. The number of hydrogen-bond acceptors (Lipinski definition) is 10. The third-order valence-corrected chi connectivity index (χ3v) is 11.2. The van der Waals surface area contributed by atoms with Crippen LogP contribution < -0.4 is 15.0 Å². The lowest BCUT2D eigenvalue weighted by Crippen LogP contribution is -2.51. The maximum Gasteiger partial charge on any atom is 0.338 e. The van der Waals surface area contributed by atoms with Gasteiger partial charge in [0, 0.05) is 54.4 Å². The molecule has 0 aliphatic carbocycles. The van der Waals surface area contributed by atoms with E-state index in [9.17, 15) is 14.4 Å². The Labute approximate surface area is 304 Å². The summed E-state index contributed by atoms with van der Waals surface area (Å²) in [5.41, 5.74) is 1.54. The average molecular weight is 724 g/mol. The molecule has 13 heteroatoms. The summed E-state index contributed by atoms with van der Waals surface area (Å²) in [6.45, 7) is 2.73. The van der Waals surface area contributed by atoms with Gasteiger partial charge in [-0.25, -0.2) is 13.6 Å². The largest absolute Gasteiger partial charge is 0.465 e. The van der Waals surface area contributed by atoms with E-state index in [2.05, 4.69) is 26.3 Å². The van der Waals surface area contributed by atoms with E-state index >= 15 is 4.39 Å². The number of aromatic nitrogens is 3. The number of nitrogens with zero attached hydrogens (tertiary/aromatic N) is 6. The van der Waals surface area contributed by atoms with E-state index in [1.54, 1.807) is 24.3 Å². The van der Waals surface area contributed by atoms with Crippen LogP contribution in [0.4, 0.5) is 14.6 Å². The highest BCUT2D eigenvalue weighted by molar-refractivity contribution is 6.36. The summed E-state index contributed by atoms with van der Waals surface area (Å²) in [4.78, 5) is 31.2. The van der Waals surface area contributed by atoms with Gasteiger partial charge in [-0.2, -0.15) is 15.2 Å². The lowest BCUT2D eigenvalue weighted by atomic mass is 9.83. The molecule has 2 unspecified atom stereocenters. The van der Waals surface area contributed by atoms with Gasteiger partial charge in [0.1, 0.15) is 29.5 Å². The van der Waals surface area contributed by atoms with E-state index < -0.39 is 11.6 Å². The Morgan fingerprint density at radius 2 is 1.98 bits per heavy atom. The summed E-state index contributed by atoms with van der Waals surface area (Å²) >= 11 is 6.43. The van der Waals surface area contributed by atoms with Crippen molar-refractivity contribution >= 4 is 45.1 Å². The fourth-order valence-corrected chi connectivity index (χ4v) is 8.77. The molecule has 0 saturated carbocycles. The van der Waals surface area contributed by atoms with Gasteiger partial charge in [-0.05, 0) is 55.3 Å². The number of esters is 1. The van der Waals surface area contributed by atoms with Crippen molar-refractivity contribution in [1.29, 1.82) is 5.26 Å². The van der Waals surface area contributed by atoms with Crippen LogP contribution >= 0.6 is 11.6 Å². The van der Waals surface area contributed by atoms with Crippen LogP contribution in [0.1, 0.15) is 48.0 Å². The van der Waals surface area contributed by atoms with Gasteiger partial charge < -0.3 is 19.7 Å². The van der Waals surface area contributed by atoms with Gasteiger partial charge in [0.25, 0.3) is 0 Å². The van der Waals surface area contributed by atoms with E-state index in [0.29, 0.717) is 59.2 Å². The predicted molar refractivity (Wildman–Crippen MR) is 193 cm³/mol. The molecule has 3 aromatic carbocycles. The van der Waals surface area contributed by atoms with Crippen molar-refractivity contribution in [3.8, 4) is 23.3 Å². The number of anilines is 1. The number of methoxy groups -OCH3 is 1. The number of carbonyl (C=O) groups is 1. The maximum absolute atomic E-state index is 16.9. The molecule has 1 N–H and O–H groups in total. The number of hydrogen-bond donors (Lipinski definition) is 1. The molecule has 5 heterocycles. The maximum atomic E-state index is 16.9. The van der Waals surface area contributed by atoms with Gasteiger partial charge >= 0.3 is 12.0 Å². The van der Waals surface area contributed by atoms with Crippen LogP contribution in [0.3, 0.4) is 0 Å². The first-order valence-electron chi connectivity index (χ1n) is 17.5. The van der Waals surface area contributed by atoms with Crippen LogP contribution in [-0.2, 0) is 10.3 Å². The quantitative estimate of drug-likeness (QED) is 0.172. The number of ether oxygens (including phenoxy) is 2. The highest BCUT2D eigenvalue weighted by atomic mass is 35.5. The SMILES string of the molecule is COC(=O)c1ccccc1C12CCCN1C(COc1nc(N3CCN[C@@H](CC#N)C3)c3cnc(-c4cccc5ccc(F)c(Cl)c45)c(F)c3n1)CC2. The first-order valence-corrected chi connectivity index (χ1v) is 17.9. The molecular weight excluding hydrogens is 688 g/mol. The van der Waals surface area contributed by atoms with Gasteiger partial charge in [-0.15, -0.1) is 0 Å². The molecule has 266 valence electrons. The van der Waals surface area contributed by atoms with Crippen molar-refractivity contribution < 1.29 is 23.0 Å². The number of pyridine rings is 1. The van der Waals surface area contributed by atoms with Crippen molar-refractivity contribution in [3.05, 3.63) is 88.6 Å². The number of carbonyl (C=O) groups excluding carboxylic acids is 1. The third-order valence-electron chi connectivity index (χ3n) is 10.8. The number of piperazine rings is 1. The second-order valence-electron chi connectivity index (χ2n) is 13.6. The average Bonchev–Trinajstić information content (AvgIpc) is 3.76. The Balaban J connectivity index is 1.17. The van der Waals surface area contributed by atoms with Gasteiger partial charge in [0.05, 0.1) is 35.6 Å². The summed E-state index contributed by atoms with van der Waals surface area (Å²) in [7, 11) is 1.40. The second kappa shape index (κ2) is 13.9. The fourth-order valence-electron chi connectivity index (χ4n) is 8.49. The van der Waals surface area contributed by atoms with Crippen LogP contribution in [0.15, 0.2) is 60.8 Å². The molecule has 3 aliphatic heterocycles. The van der Waals surface area contributed by atoms with Crippen molar-refractivity contribution in [2.45, 2.75) is 49.7 Å². The number of halogens is 3. The number of nitriles is 1. The molecule has 52 heavy (non-hydrogen) atoms. The van der Waals surface area contributed by atoms with E-state index in [0.717, 1.165) is 37.8 Å². The Morgan fingerprint density at radius 3 is 2.83 bits per heavy atom. The fraction of sp³-hybridized carbons (Fsp3) is 0.359. The molecule has 8 rings (SSSR count). The van der Waals surface area contributed by atoms with Gasteiger partial charge in [-0.1, -0.05) is 54.1 Å². The smallest absolute Gasteiger partial charge is 0.338 e. The zero-order valence-corrected chi connectivity index (χ0v) is 29.3. The third kappa shape index (κ3) is 5.77. The minimum atomic E-state index is -0.707. The summed E-state index contributed by atoms with van der Waals surface area (Å²) in [6, 6.07) is 17.9. The molecule has 0 amide bonds. The van der Waals surface area contributed by atoms with Crippen LogP contribution in [0.25, 0.3) is 32.9 Å². The minimum absolute atomic E-state index is 0.000662. The minimum Gasteiger partial charge on any atom is -0.465 e. The molecule has 0 radical (unpaired) electrons. The normalized spacial score (nSPS) is 21.7. The standard InChI is InChI=1S/C39H36ClF2N7O3/c1-51-37(50)26-7-2-3-9-29(26)39-14-5-18-49(39)25(12-15-39)22-52-38-46-35-28(36(47-38)48-19-17-44-24(21-48)13-16-43)20-45-34(33(35)42)27-8-4-6-23-10-11-30(41)32(40)31(23)27/h2-4,6-11,20,24-25,44H,5,12-15,17-19,21-22H2,1H3/t24-,25?,39?/m0/s1. The number of nitrogens with one attached hydrogen (secondary N) is 1. The number of rotatable bonds is 8. The Hall–Kier alpha value is -4.96. The van der Waals surface area contributed by atoms with Crippen LogP contribution in [0, 0.1) is 23.0 Å². The van der Waals surface area contributed by atoms with Gasteiger partial charge in [-0.3, -0.25) is 9.88 Å². The molecule has 3 fully saturated rings. The van der Waals surface area contributed by atoms with Crippen molar-refractivity contribution in [3.63, 3.8) is 0 Å². The van der Waals surface area contributed by atoms with E-state index in [1.165, 1.54) is 19.4 Å². The zero-order valence-electron chi connectivity index (χ0n) is 28.5. The van der Waals surface area contributed by atoms with Crippen LogP contribution in [0.5, 0.6) is 6.01 Å². The van der Waals surface area contributed by atoms with Crippen molar-refractivity contribution in [2.24, 2.45) is 0 Å². The molecule has 2 aromatic heterocycles. The van der Waals surface area contributed by atoms with E-state index in [1.807, 2.05) is 29.2 Å². The topological polar surface area (TPSA) is 116 Å². The highest BCUT2D eigenvalue weighted by Gasteiger charge is 2.51. The zero-order chi connectivity index (χ0) is 36.0. The molecule has 0 bridgehead atoms. The molecule has 5 aromatic rings. The van der Waals surface area contributed by atoms with E-state index in [4.69, 9.17) is 26.1 Å². The molecule has 10 nitrogen and oxygen atoms in total. The van der Waals surface area contributed by atoms with Crippen molar-refractivity contribution in [1.82, 2.24) is 25.2 Å². The van der Waals surface area contributed by atoms with Crippen LogP contribution in [0.2, 0.25) is 5.02 Å². The number of benzene rings is 3. The van der Waals surface area contributed by atoms with Crippen LogP contribution in [-0.4, -0.2) is 77.8 Å². The Kier molecular flexibility index (Phi) is 9.11. The molecule has 3 aliphatic rings. The highest BCUT2D eigenvalue weighted by Crippen LogP contribution is 2.50.